The lowest BCUT2D eigenvalue weighted by Crippen LogP contribution is -2.34. The summed E-state index contributed by atoms with van der Waals surface area (Å²) in [6.45, 7) is 26.5. The maximum atomic E-state index is 4.04. The number of anilines is 1. The topological polar surface area (TPSA) is 3.24 Å². The molecule has 1 aromatic carbocycles. The van der Waals surface area contributed by atoms with Crippen molar-refractivity contribution in [2.45, 2.75) is 87.6 Å². The molecule has 0 amide bonds. The molecule has 0 spiro atoms. The minimum Gasteiger partial charge on any atom is -0.334 e. The van der Waals surface area contributed by atoms with Gasteiger partial charge in [-0.25, -0.2) is 0 Å². The fraction of sp³-hybridized carbons (Fsp3) is 0.419. The molecule has 0 saturated heterocycles. The van der Waals surface area contributed by atoms with Gasteiger partial charge in [-0.1, -0.05) is 124 Å². The summed E-state index contributed by atoms with van der Waals surface area (Å²) >= 11 is 0. The maximum absolute atomic E-state index is 4.04. The van der Waals surface area contributed by atoms with Crippen LogP contribution in [0.3, 0.4) is 0 Å². The third kappa shape index (κ3) is 9.30. The van der Waals surface area contributed by atoms with Gasteiger partial charge in [-0.15, -0.1) is 6.58 Å². The van der Waals surface area contributed by atoms with E-state index in [1.165, 1.54) is 34.5 Å². The second kappa shape index (κ2) is 20.4. The van der Waals surface area contributed by atoms with Crippen LogP contribution >= 0.6 is 0 Å². The molecule has 1 aromatic rings. The average Bonchev–Trinajstić information content (AvgIpc) is 3.12. The number of fused-ring (bicyclic) bond motifs is 1. The van der Waals surface area contributed by atoms with Crippen LogP contribution in [0, 0.1) is 0 Å². The van der Waals surface area contributed by atoms with Gasteiger partial charge in [-0.3, -0.25) is 0 Å². The Morgan fingerprint density at radius 1 is 0.938 bits per heavy atom. The predicted molar refractivity (Wildman–Crippen MR) is 151 cm³/mol. The second-order valence-electron chi connectivity index (χ2n) is 6.51. The van der Waals surface area contributed by atoms with E-state index in [2.05, 4.69) is 93.5 Å². The molecule has 2 aliphatic rings. The fourth-order valence-corrected chi connectivity index (χ4v) is 3.21. The normalized spacial score (nSPS) is 15.5. The van der Waals surface area contributed by atoms with Crippen molar-refractivity contribution in [3.05, 3.63) is 96.8 Å². The monoisotopic (exact) mass is 435 g/mol. The molecule has 178 valence electrons. The number of benzene rings is 1. The van der Waals surface area contributed by atoms with Crippen LogP contribution < -0.4 is 4.90 Å². The molecule has 1 aliphatic heterocycles. The predicted octanol–water partition coefficient (Wildman–Crippen LogP) is 10.3. The van der Waals surface area contributed by atoms with Crippen LogP contribution in [-0.4, -0.2) is 6.04 Å². The molecular formula is C31H49N. The number of nitrogens with zero attached hydrogens (tertiary/aromatic N) is 1. The zero-order valence-electron chi connectivity index (χ0n) is 22.4. The van der Waals surface area contributed by atoms with Gasteiger partial charge in [0.15, 0.2) is 0 Å². The summed E-state index contributed by atoms with van der Waals surface area (Å²) in [4.78, 5) is 2.38. The first-order valence-corrected chi connectivity index (χ1v) is 12.6. The average molecular weight is 436 g/mol. The van der Waals surface area contributed by atoms with Gasteiger partial charge < -0.3 is 4.90 Å². The molecular weight excluding hydrogens is 386 g/mol. The van der Waals surface area contributed by atoms with Crippen molar-refractivity contribution in [1.82, 2.24) is 0 Å². The first kappa shape index (κ1) is 31.6. The van der Waals surface area contributed by atoms with Crippen molar-refractivity contribution >= 4 is 11.3 Å². The van der Waals surface area contributed by atoms with E-state index in [9.17, 15) is 0 Å². The van der Waals surface area contributed by atoms with E-state index >= 15 is 0 Å². The SMILES string of the molecule is C=CC1=CC(C=C)N(C2=CC=C(CC)C=CC2)c2ccccc21.CC.CC.CC.CCC. The van der Waals surface area contributed by atoms with E-state index in [1.54, 1.807) is 0 Å². The number of para-hydroxylation sites is 1. The lowest BCUT2D eigenvalue weighted by molar-refractivity contribution is 0.855. The van der Waals surface area contributed by atoms with Gasteiger partial charge in [-0.2, -0.15) is 0 Å². The van der Waals surface area contributed by atoms with Crippen LogP contribution in [0.1, 0.15) is 87.1 Å². The second-order valence-corrected chi connectivity index (χ2v) is 6.51. The van der Waals surface area contributed by atoms with Gasteiger partial charge in [0.2, 0.25) is 0 Å². The molecule has 1 heteroatoms. The summed E-state index contributed by atoms with van der Waals surface area (Å²) in [7, 11) is 0. The van der Waals surface area contributed by atoms with Gasteiger partial charge in [0.05, 0.1) is 6.04 Å². The summed E-state index contributed by atoms with van der Waals surface area (Å²) in [5.74, 6) is 0. The Labute approximate surface area is 200 Å². The fourth-order valence-electron chi connectivity index (χ4n) is 3.21. The van der Waals surface area contributed by atoms with Crippen molar-refractivity contribution in [1.29, 1.82) is 0 Å². The lowest BCUT2D eigenvalue weighted by Gasteiger charge is -2.37. The van der Waals surface area contributed by atoms with E-state index in [4.69, 9.17) is 0 Å². The van der Waals surface area contributed by atoms with Gasteiger partial charge in [-0.05, 0) is 35.8 Å². The Morgan fingerprint density at radius 3 is 2.06 bits per heavy atom. The van der Waals surface area contributed by atoms with E-state index in [0.29, 0.717) is 0 Å². The molecule has 1 atom stereocenters. The van der Waals surface area contributed by atoms with Crippen molar-refractivity contribution in [3.8, 4) is 0 Å². The van der Waals surface area contributed by atoms with Crippen LogP contribution in [0.25, 0.3) is 5.57 Å². The van der Waals surface area contributed by atoms with Crippen LogP contribution in [0.5, 0.6) is 0 Å². The maximum Gasteiger partial charge on any atom is 0.0709 e. The first-order chi connectivity index (χ1) is 15.7. The third-order valence-electron chi connectivity index (χ3n) is 4.45. The Bertz CT molecular complexity index is 758. The Hall–Kier alpha value is -2.54. The molecule has 32 heavy (non-hydrogen) atoms. The summed E-state index contributed by atoms with van der Waals surface area (Å²) in [6, 6.07) is 8.67. The molecule has 0 saturated carbocycles. The summed E-state index contributed by atoms with van der Waals surface area (Å²) in [6.07, 6.45) is 18.4. The van der Waals surface area contributed by atoms with E-state index in [-0.39, 0.29) is 6.04 Å². The molecule has 1 aliphatic carbocycles. The summed E-state index contributed by atoms with van der Waals surface area (Å²) in [5, 5.41) is 0. The van der Waals surface area contributed by atoms with E-state index < -0.39 is 0 Å². The molecule has 3 rings (SSSR count). The molecule has 0 fully saturated rings. The molecule has 0 N–H and O–H groups in total. The van der Waals surface area contributed by atoms with Crippen LogP contribution in [0.15, 0.2) is 91.2 Å². The lowest BCUT2D eigenvalue weighted by atomic mass is 9.94. The van der Waals surface area contributed by atoms with Crippen LogP contribution in [0.2, 0.25) is 0 Å². The standard InChI is InChI=1S/C22H23N.C3H8.3C2H6/c1-4-17-10-9-11-20(15-14-17)23-19(6-3)16-18(5-2)21-12-7-8-13-22(21)23;1-3-2;3*1-2/h5-10,12-16,19H,2-4,11H2,1H3;3H2,1-2H3;3*1-2H3. The molecule has 0 aromatic heterocycles. The van der Waals surface area contributed by atoms with Crippen molar-refractivity contribution < 1.29 is 0 Å². The van der Waals surface area contributed by atoms with Gasteiger partial charge in [0.25, 0.3) is 0 Å². The summed E-state index contributed by atoms with van der Waals surface area (Å²) in [5.41, 5.74) is 6.29. The molecule has 0 radical (unpaired) electrons. The highest BCUT2D eigenvalue weighted by Crippen LogP contribution is 2.38. The smallest absolute Gasteiger partial charge is 0.0709 e. The molecule has 1 heterocycles. The van der Waals surface area contributed by atoms with Gasteiger partial charge in [0, 0.05) is 23.4 Å². The zero-order chi connectivity index (χ0) is 24.9. The van der Waals surface area contributed by atoms with Crippen molar-refractivity contribution in [3.63, 3.8) is 0 Å². The minimum absolute atomic E-state index is 0.147. The largest absolute Gasteiger partial charge is 0.334 e. The number of hydrogen-bond acceptors (Lipinski definition) is 1. The number of allylic oxidation sites excluding steroid dienone is 7. The quantitative estimate of drug-likeness (QED) is 0.425. The van der Waals surface area contributed by atoms with Crippen molar-refractivity contribution in [2.24, 2.45) is 0 Å². The highest BCUT2D eigenvalue weighted by molar-refractivity contribution is 5.87. The molecule has 1 nitrogen and oxygen atoms in total. The van der Waals surface area contributed by atoms with Crippen LogP contribution in [0.4, 0.5) is 5.69 Å². The Balaban J connectivity index is 0. The van der Waals surface area contributed by atoms with Gasteiger partial charge in [0.1, 0.15) is 0 Å². The number of hydrogen-bond donors (Lipinski definition) is 0. The van der Waals surface area contributed by atoms with E-state index in [1.807, 2.05) is 53.7 Å². The third-order valence-corrected chi connectivity index (χ3v) is 4.45. The first-order valence-electron chi connectivity index (χ1n) is 12.6. The highest BCUT2D eigenvalue weighted by Gasteiger charge is 2.25. The molecule has 1 unspecified atom stereocenters. The Morgan fingerprint density at radius 2 is 1.53 bits per heavy atom. The van der Waals surface area contributed by atoms with Crippen LogP contribution in [-0.2, 0) is 0 Å². The van der Waals surface area contributed by atoms with E-state index in [0.717, 1.165) is 12.8 Å². The van der Waals surface area contributed by atoms with Crippen molar-refractivity contribution in [2.75, 3.05) is 4.90 Å². The molecule has 0 bridgehead atoms. The number of rotatable bonds is 4. The zero-order valence-corrected chi connectivity index (χ0v) is 22.4. The summed E-state index contributed by atoms with van der Waals surface area (Å²) < 4.78 is 0. The van der Waals surface area contributed by atoms with Gasteiger partial charge >= 0.3 is 0 Å². The Kier molecular flexibility index (Phi) is 20.1. The minimum atomic E-state index is 0.147. The highest BCUT2D eigenvalue weighted by atomic mass is 15.2.